The van der Waals surface area contributed by atoms with Crippen molar-refractivity contribution in [2.75, 3.05) is 7.05 Å². The van der Waals surface area contributed by atoms with Crippen molar-refractivity contribution in [2.45, 2.75) is 37.8 Å². The van der Waals surface area contributed by atoms with E-state index < -0.39 is 10.0 Å². The maximum atomic E-state index is 12.7. The maximum absolute atomic E-state index is 12.7. The van der Waals surface area contributed by atoms with Gasteiger partial charge in [-0.15, -0.1) is 11.3 Å². The van der Waals surface area contributed by atoms with E-state index in [1.54, 1.807) is 25.3 Å². The lowest BCUT2D eigenvalue weighted by atomic mass is 10.2. The zero-order chi connectivity index (χ0) is 15.6. The second-order valence-electron chi connectivity index (χ2n) is 4.99. The van der Waals surface area contributed by atoms with E-state index in [2.05, 4.69) is 0 Å². The molecule has 1 atom stereocenters. The molecule has 0 saturated carbocycles. The highest BCUT2D eigenvalue weighted by Gasteiger charge is 2.29. The van der Waals surface area contributed by atoms with E-state index in [0.29, 0.717) is 17.9 Å². The van der Waals surface area contributed by atoms with Gasteiger partial charge < -0.3 is 10.2 Å². The summed E-state index contributed by atoms with van der Waals surface area (Å²) in [5.41, 5.74) is 5.50. The Morgan fingerprint density at radius 1 is 1.48 bits per heavy atom. The molecule has 116 valence electrons. The quantitative estimate of drug-likeness (QED) is 0.883. The first-order valence-electron chi connectivity index (χ1n) is 6.66. The molecule has 2 aromatic rings. The number of rotatable bonds is 6. The molecular weight excluding hydrogens is 308 g/mol. The Labute approximate surface area is 129 Å². The monoisotopic (exact) mass is 328 g/mol. The zero-order valence-electron chi connectivity index (χ0n) is 12.4. The van der Waals surface area contributed by atoms with Gasteiger partial charge in [0.05, 0.1) is 6.54 Å². The Bertz CT molecular complexity index is 690. The number of nitrogens with zero attached hydrogens (tertiary/aromatic N) is 1. The van der Waals surface area contributed by atoms with Gasteiger partial charge in [0, 0.05) is 24.0 Å². The molecule has 2 N–H and O–H groups in total. The van der Waals surface area contributed by atoms with Crippen LogP contribution in [0.4, 0.5) is 0 Å². The summed E-state index contributed by atoms with van der Waals surface area (Å²) in [5, 5.41) is 1.99. The summed E-state index contributed by atoms with van der Waals surface area (Å²) in [6.45, 7) is 3.73. The third kappa shape index (κ3) is 3.37. The Kier molecular flexibility index (Phi) is 4.88. The summed E-state index contributed by atoms with van der Waals surface area (Å²) < 4.78 is 32.1. The van der Waals surface area contributed by atoms with Crippen molar-refractivity contribution in [1.29, 1.82) is 0 Å². The summed E-state index contributed by atoms with van der Waals surface area (Å²) in [6.07, 6.45) is 0.689. The van der Waals surface area contributed by atoms with Gasteiger partial charge in [0.25, 0.3) is 0 Å². The highest BCUT2D eigenvalue weighted by Crippen LogP contribution is 2.25. The predicted octanol–water partition coefficient (Wildman–Crippen LogP) is 2.36. The van der Waals surface area contributed by atoms with Crippen molar-refractivity contribution in [3.8, 4) is 0 Å². The maximum Gasteiger partial charge on any atom is 0.246 e. The van der Waals surface area contributed by atoms with Gasteiger partial charge in [0.1, 0.15) is 16.4 Å². The predicted molar refractivity (Wildman–Crippen MR) is 83.8 cm³/mol. The molecule has 1 unspecified atom stereocenters. The van der Waals surface area contributed by atoms with Gasteiger partial charge >= 0.3 is 0 Å². The van der Waals surface area contributed by atoms with Crippen molar-refractivity contribution in [3.63, 3.8) is 0 Å². The Balaban J connectivity index is 2.23. The van der Waals surface area contributed by atoms with Gasteiger partial charge in [-0.05, 0) is 31.7 Å². The topological polar surface area (TPSA) is 76.5 Å². The second kappa shape index (κ2) is 6.31. The molecule has 0 aliphatic carbocycles. The summed E-state index contributed by atoms with van der Waals surface area (Å²) in [5.74, 6) is 0.857. The Morgan fingerprint density at radius 2 is 2.19 bits per heavy atom. The van der Waals surface area contributed by atoms with Crippen molar-refractivity contribution in [3.05, 3.63) is 40.0 Å². The average Bonchev–Trinajstić information content (AvgIpc) is 3.07. The van der Waals surface area contributed by atoms with E-state index in [0.717, 1.165) is 4.88 Å². The fourth-order valence-electron chi connectivity index (χ4n) is 2.12. The molecule has 0 fully saturated rings. The standard InChI is InChI=1S/C14H20N2O3S2/c1-10(7-13-5-4-6-20-13)16(3)21(17,18)14-8-12(9-15)19-11(14)2/h4-6,8,10H,7,9,15H2,1-3H3. The van der Waals surface area contributed by atoms with Crippen LogP contribution in [0, 0.1) is 6.92 Å². The molecule has 0 radical (unpaired) electrons. The minimum atomic E-state index is -3.57. The van der Waals surface area contributed by atoms with Crippen LogP contribution in [-0.2, 0) is 23.0 Å². The first-order chi connectivity index (χ1) is 9.86. The molecule has 0 saturated heterocycles. The van der Waals surface area contributed by atoms with E-state index in [1.807, 2.05) is 24.4 Å². The molecule has 7 heteroatoms. The van der Waals surface area contributed by atoms with Crippen LogP contribution in [0.15, 0.2) is 32.9 Å². The molecule has 0 aliphatic rings. The van der Waals surface area contributed by atoms with Crippen LogP contribution in [0.1, 0.15) is 23.3 Å². The van der Waals surface area contributed by atoms with Crippen LogP contribution >= 0.6 is 11.3 Å². The molecular formula is C14H20N2O3S2. The van der Waals surface area contributed by atoms with Crippen LogP contribution in [-0.4, -0.2) is 25.8 Å². The van der Waals surface area contributed by atoms with Crippen molar-refractivity contribution < 1.29 is 12.8 Å². The molecule has 2 aromatic heterocycles. The smallest absolute Gasteiger partial charge is 0.246 e. The SMILES string of the molecule is Cc1oc(CN)cc1S(=O)(=O)N(C)C(C)Cc1cccs1. The fourth-order valence-corrected chi connectivity index (χ4v) is 4.49. The molecule has 2 heterocycles. The average molecular weight is 328 g/mol. The molecule has 0 amide bonds. The van der Waals surface area contributed by atoms with Crippen LogP contribution < -0.4 is 5.73 Å². The molecule has 0 aliphatic heterocycles. The van der Waals surface area contributed by atoms with E-state index in [1.165, 1.54) is 10.4 Å². The zero-order valence-corrected chi connectivity index (χ0v) is 14.0. The number of furan rings is 1. The minimum Gasteiger partial charge on any atom is -0.464 e. The lowest BCUT2D eigenvalue weighted by Gasteiger charge is -2.23. The normalized spacial score (nSPS) is 13.8. The van der Waals surface area contributed by atoms with Crippen molar-refractivity contribution in [1.82, 2.24) is 4.31 Å². The molecule has 5 nitrogen and oxygen atoms in total. The van der Waals surface area contributed by atoms with Crippen molar-refractivity contribution in [2.24, 2.45) is 5.73 Å². The number of nitrogens with two attached hydrogens (primary N) is 1. The van der Waals surface area contributed by atoms with Crippen LogP contribution in [0.5, 0.6) is 0 Å². The van der Waals surface area contributed by atoms with Gasteiger partial charge in [0.2, 0.25) is 10.0 Å². The van der Waals surface area contributed by atoms with E-state index in [4.69, 9.17) is 10.2 Å². The third-order valence-electron chi connectivity index (χ3n) is 3.48. The molecule has 21 heavy (non-hydrogen) atoms. The number of hydrogen-bond acceptors (Lipinski definition) is 5. The minimum absolute atomic E-state index is 0.135. The van der Waals surface area contributed by atoms with E-state index in [-0.39, 0.29) is 17.5 Å². The highest BCUT2D eigenvalue weighted by molar-refractivity contribution is 7.89. The fraction of sp³-hybridized carbons (Fsp3) is 0.429. The first-order valence-corrected chi connectivity index (χ1v) is 8.98. The number of hydrogen-bond donors (Lipinski definition) is 1. The third-order valence-corrected chi connectivity index (χ3v) is 6.46. The summed E-state index contributed by atoms with van der Waals surface area (Å²) in [6, 6.07) is 5.36. The number of sulfonamides is 1. The van der Waals surface area contributed by atoms with E-state index >= 15 is 0 Å². The number of thiophene rings is 1. The van der Waals surface area contributed by atoms with Crippen LogP contribution in [0.2, 0.25) is 0 Å². The van der Waals surface area contributed by atoms with Gasteiger partial charge in [-0.2, -0.15) is 4.31 Å². The lowest BCUT2D eigenvalue weighted by molar-refractivity contribution is 0.386. The highest BCUT2D eigenvalue weighted by atomic mass is 32.2. The largest absolute Gasteiger partial charge is 0.464 e. The van der Waals surface area contributed by atoms with Crippen LogP contribution in [0.25, 0.3) is 0 Å². The van der Waals surface area contributed by atoms with Gasteiger partial charge in [-0.3, -0.25) is 0 Å². The number of aryl methyl sites for hydroxylation is 1. The summed E-state index contributed by atoms with van der Waals surface area (Å²) in [4.78, 5) is 1.36. The molecule has 0 spiro atoms. The summed E-state index contributed by atoms with van der Waals surface area (Å²) >= 11 is 1.63. The van der Waals surface area contributed by atoms with Crippen molar-refractivity contribution >= 4 is 21.4 Å². The number of likely N-dealkylation sites (N-methyl/N-ethyl adjacent to an activating group) is 1. The lowest BCUT2D eigenvalue weighted by Crippen LogP contribution is -2.36. The van der Waals surface area contributed by atoms with Gasteiger partial charge in [-0.25, -0.2) is 8.42 Å². The Hall–Kier alpha value is -1.15. The van der Waals surface area contributed by atoms with E-state index in [9.17, 15) is 8.42 Å². The van der Waals surface area contributed by atoms with Gasteiger partial charge in [0.15, 0.2) is 0 Å². The second-order valence-corrected chi connectivity index (χ2v) is 7.99. The summed E-state index contributed by atoms with van der Waals surface area (Å²) in [7, 11) is -1.97. The van der Waals surface area contributed by atoms with Gasteiger partial charge in [-0.1, -0.05) is 6.07 Å². The van der Waals surface area contributed by atoms with Crippen LogP contribution in [0.3, 0.4) is 0 Å². The first kappa shape index (κ1) is 16.2. The Morgan fingerprint density at radius 3 is 2.71 bits per heavy atom. The molecule has 0 bridgehead atoms. The molecule has 0 aromatic carbocycles. The molecule has 2 rings (SSSR count).